The molecular formula is C22H28N4O2. The number of hydrogen-bond acceptors (Lipinski definition) is 5. The Morgan fingerprint density at radius 3 is 2.39 bits per heavy atom. The number of carbonyl (C=O) groups is 1. The second-order valence-electron chi connectivity index (χ2n) is 7.73. The number of rotatable bonds is 5. The quantitative estimate of drug-likeness (QED) is 0.798. The van der Waals surface area contributed by atoms with Crippen molar-refractivity contribution in [1.82, 2.24) is 19.8 Å². The molecule has 0 radical (unpaired) electrons. The highest BCUT2D eigenvalue weighted by Gasteiger charge is 2.30. The largest absolute Gasteiger partial charge is 0.497 e. The van der Waals surface area contributed by atoms with Crippen molar-refractivity contribution in [2.24, 2.45) is 0 Å². The molecule has 1 aliphatic carbocycles. The maximum absolute atomic E-state index is 12.6. The lowest BCUT2D eigenvalue weighted by molar-refractivity contribution is -0.139. The number of ether oxygens (including phenoxy) is 1. The van der Waals surface area contributed by atoms with Crippen LogP contribution in [0.4, 0.5) is 0 Å². The van der Waals surface area contributed by atoms with Crippen molar-refractivity contribution in [2.75, 3.05) is 26.7 Å². The van der Waals surface area contributed by atoms with E-state index in [2.05, 4.69) is 19.8 Å². The number of nitrogens with zero attached hydrogens (tertiary/aromatic N) is 4. The van der Waals surface area contributed by atoms with E-state index in [1.807, 2.05) is 36.7 Å². The summed E-state index contributed by atoms with van der Waals surface area (Å²) < 4.78 is 5.19. The topological polar surface area (TPSA) is 58.6 Å². The molecule has 0 N–H and O–H groups in total. The fraction of sp³-hybridized carbons (Fsp3) is 0.500. The molecule has 1 amide bonds. The van der Waals surface area contributed by atoms with Crippen molar-refractivity contribution >= 4 is 5.91 Å². The van der Waals surface area contributed by atoms with Crippen LogP contribution in [0.25, 0.3) is 11.4 Å². The molecule has 1 aromatic heterocycles. The first-order valence-electron chi connectivity index (χ1n) is 10.2. The molecule has 6 heteroatoms. The van der Waals surface area contributed by atoms with Crippen LogP contribution in [0.15, 0.2) is 36.7 Å². The SMILES string of the molecule is COc1ccc(-c2ncc(CN3CCN(C4CCCCC4)C(=O)C3)cn2)cc1. The van der Waals surface area contributed by atoms with Crippen LogP contribution < -0.4 is 4.74 Å². The van der Waals surface area contributed by atoms with E-state index < -0.39 is 0 Å². The van der Waals surface area contributed by atoms with Crippen molar-refractivity contribution in [2.45, 2.75) is 44.7 Å². The molecule has 4 rings (SSSR count). The first-order valence-corrected chi connectivity index (χ1v) is 10.2. The third-order valence-electron chi connectivity index (χ3n) is 5.81. The summed E-state index contributed by atoms with van der Waals surface area (Å²) in [5.74, 6) is 1.79. The van der Waals surface area contributed by atoms with Crippen molar-refractivity contribution in [1.29, 1.82) is 0 Å². The number of piperazine rings is 1. The summed E-state index contributed by atoms with van der Waals surface area (Å²) >= 11 is 0. The highest BCUT2D eigenvalue weighted by atomic mass is 16.5. The zero-order chi connectivity index (χ0) is 19.3. The predicted octanol–water partition coefficient (Wildman–Crippen LogP) is 3.13. The van der Waals surface area contributed by atoms with Crippen LogP contribution in [0.1, 0.15) is 37.7 Å². The lowest BCUT2D eigenvalue weighted by Gasteiger charge is -2.40. The van der Waals surface area contributed by atoms with Gasteiger partial charge >= 0.3 is 0 Å². The minimum absolute atomic E-state index is 0.272. The van der Waals surface area contributed by atoms with Crippen LogP contribution in [0.5, 0.6) is 5.75 Å². The number of amides is 1. The van der Waals surface area contributed by atoms with Gasteiger partial charge in [0.05, 0.1) is 13.7 Å². The third-order valence-corrected chi connectivity index (χ3v) is 5.81. The third kappa shape index (κ3) is 4.33. The maximum atomic E-state index is 12.6. The van der Waals surface area contributed by atoms with Crippen molar-refractivity contribution in [3.8, 4) is 17.1 Å². The van der Waals surface area contributed by atoms with Gasteiger partial charge in [0, 0.05) is 49.2 Å². The lowest BCUT2D eigenvalue weighted by Crippen LogP contribution is -2.54. The minimum Gasteiger partial charge on any atom is -0.497 e. The van der Waals surface area contributed by atoms with Crippen molar-refractivity contribution in [3.05, 3.63) is 42.2 Å². The van der Waals surface area contributed by atoms with Gasteiger partial charge in [-0.05, 0) is 37.1 Å². The Morgan fingerprint density at radius 2 is 1.75 bits per heavy atom. The molecule has 1 saturated carbocycles. The Kier molecular flexibility index (Phi) is 5.86. The van der Waals surface area contributed by atoms with Gasteiger partial charge in [0.2, 0.25) is 5.91 Å². The van der Waals surface area contributed by atoms with E-state index in [0.717, 1.165) is 30.0 Å². The molecule has 148 valence electrons. The molecule has 6 nitrogen and oxygen atoms in total. The van der Waals surface area contributed by atoms with E-state index in [9.17, 15) is 4.79 Å². The molecule has 0 bridgehead atoms. The number of aromatic nitrogens is 2. The second kappa shape index (κ2) is 8.69. The van der Waals surface area contributed by atoms with Gasteiger partial charge in [-0.3, -0.25) is 9.69 Å². The lowest BCUT2D eigenvalue weighted by atomic mass is 9.93. The molecule has 1 aromatic carbocycles. The normalized spacial score (nSPS) is 19.0. The number of methoxy groups -OCH3 is 1. The van der Waals surface area contributed by atoms with Crippen molar-refractivity contribution < 1.29 is 9.53 Å². The van der Waals surface area contributed by atoms with Gasteiger partial charge in [-0.25, -0.2) is 9.97 Å². The molecule has 2 aromatic rings. The first kappa shape index (κ1) is 18.9. The standard InChI is InChI=1S/C22H28N4O2/c1-28-20-9-7-18(8-10-20)22-23-13-17(14-24-22)15-25-11-12-26(21(27)16-25)19-5-3-2-4-6-19/h7-10,13-14,19H,2-6,11-12,15-16H2,1H3. The first-order chi connectivity index (χ1) is 13.7. The van der Waals surface area contributed by atoms with Gasteiger partial charge in [-0.15, -0.1) is 0 Å². The van der Waals surface area contributed by atoms with Crippen LogP contribution in [0.3, 0.4) is 0 Å². The highest BCUT2D eigenvalue weighted by molar-refractivity contribution is 5.79. The molecule has 1 saturated heterocycles. The molecule has 28 heavy (non-hydrogen) atoms. The molecule has 2 heterocycles. The maximum Gasteiger partial charge on any atom is 0.237 e. The average Bonchev–Trinajstić information content (AvgIpc) is 2.75. The van der Waals surface area contributed by atoms with Gasteiger partial charge < -0.3 is 9.64 Å². The van der Waals surface area contributed by atoms with Crippen molar-refractivity contribution in [3.63, 3.8) is 0 Å². The van der Waals surface area contributed by atoms with Gasteiger partial charge in [0.1, 0.15) is 5.75 Å². The summed E-state index contributed by atoms with van der Waals surface area (Å²) in [6.07, 6.45) is 9.91. The van der Waals surface area contributed by atoms with Crippen LogP contribution >= 0.6 is 0 Å². The summed E-state index contributed by atoms with van der Waals surface area (Å²) in [7, 11) is 1.65. The molecule has 0 unspecified atom stereocenters. The molecule has 2 aliphatic rings. The summed E-state index contributed by atoms with van der Waals surface area (Å²) in [5.41, 5.74) is 2.00. The molecule has 0 spiro atoms. The van der Waals surface area contributed by atoms with Gasteiger partial charge in [-0.2, -0.15) is 0 Å². The van der Waals surface area contributed by atoms with Crippen LogP contribution in [0, 0.1) is 0 Å². The Labute approximate surface area is 166 Å². The van der Waals surface area contributed by atoms with E-state index in [1.165, 1.54) is 32.1 Å². The summed E-state index contributed by atoms with van der Waals surface area (Å²) in [6, 6.07) is 8.19. The van der Waals surface area contributed by atoms with Crippen LogP contribution in [-0.2, 0) is 11.3 Å². The fourth-order valence-corrected chi connectivity index (χ4v) is 4.23. The van der Waals surface area contributed by atoms with Crippen LogP contribution in [0.2, 0.25) is 0 Å². The Hall–Kier alpha value is -2.47. The predicted molar refractivity (Wildman–Crippen MR) is 108 cm³/mol. The zero-order valence-electron chi connectivity index (χ0n) is 16.5. The number of hydrogen-bond donors (Lipinski definition) is 0. The van der Waals surface area contributed by atoms with E-state index in [-0.39, 0.29) is 5.91 Å². The second-order valence-corrected chi connectivity index (χ2v) is 7.73. The van der Waals surface area contributed by atoms with E-state index in [4.69, 9.17) is 4.74 Å². The fourth-order valence-electron chi connectivity index (χ4n) is 4.23. The molecule has 2 fully saturated rings. The number of carbonyl (C=O) groups excluding carboxylic acids is 1. The molecule has 0 atom stereocenters. The van der Waals surface area contributed by atoms with Crippen LogP contribution in [-0.4, -0.2) is 58.5 Å². The monoisotopic (exact) mass is 380 g/mol. The van der Waals surface area contributed by atoms with Gasteiger partial charge in [0.15, 0.2) is 5.82 Å². The number of benzene rings is 1. The summed E-state index contributed by atoms with van der Waals surface area (Å²) in [4.78, 5) is 26.0. The molecular weight excluding hydrogens is 352 g/mol. The van der Waals surface area contributed by atoms with E-state index in [0.29, 0.717) is 25.0 Å². The Balaban J connectivity index is 1.34. The minimum atomic E-state index is 0.272. The van der Waals surface area contributed by atoms with E-state index >= 15 is 0 Å². The summed E-state index contributed by atoms with van der Waals surface area (Å²) in [6.45, 7) is 2.97. The highest BCUT2D eigenvalue weighted by Crippen LogP contribution is 2.24. The van der Waals surface area contributed by atoms with Gasteiger partial charge in [-0.1, -0.05) is 19.3 Å². The van der Waals surface area contributed by atoms with E-state index in [1.54, 1.807) is 7.11 Å². The molecule has 1 aliphatic heterocycles. The summed E-state index contributed by atoms with van der Waals surface area (Å²) in [5, 5.41) is 0. The Bertz CT molecular complexity index is 785. The zero-order valence-corrected chi connectivity index (χ0v) is 16.5. The smallest absolute Gasteiger partial charge is 0.237 e. The average molecular weight is 380 g/mol. The van der Waals surface area contributed by atoms with Gasteiger partial charge in [0.25, 0.3) is 0 Å². The Morgan fingerprint density at radius 1 is 1.04 bits per heavy atom.